The maximum atomic E-state index is 12.6. The Labute approximate surface area is 184 Å². The molecule has 9 nitrogen and oxygen atoms in total. The molecule has 3 aromatic carbocycles. The number of amidine groups is 1. The fourth-order valence-electron chi connectivity index (χ4n) is 2.97. The molecule has 0 unspecified atom stereocenters. The minimum absolute atomic E-state index is 0. The van der Waals surface area contributed by atoms with Gasteiger partial charge in [-0.15, -0.1) is 12.4 Å². The molecular formula is C21H21ClN6O3. The number of amides is 1. The number of aliphatic imine (C=N–C) groups is 1. The zero-order valence-corrected chi connectivity index (χ0v) is 17.1. The number of halogens is 1. The number of nitrogens with two attached hydrogens (primary N) is 4. The van der Waals surface area contributed by atoms with Gasteiger partial charge in [-0.25, -0.2) is 9.79 Å². The Bertz CT molecular complexity index is 1190. The molecule has 0 aliphatic rings. The van der Waals surface area contributed by atoms with Gasteiger partial charge in [-0.3, -0.25) is 10.2 Å². The summed E-state index contributed by atoms with van der Waals surface area (Å²) in [5.74, 6) is -1.14. The number of hydrogen-bond donors (Lipinski definition) is 5. The van der Waals surface area contributed by atoms with Crippen molar-refractivity contribution < 1.29 is 14.3 Å². The number of carbonyl (C=O) groups is 2. The van der Waals surface area contributed by atoms with E-state index in [1.54, 1.807) is 42.5 Å². The molecule has 0 aliphatic heterocycles. The molecule has 160 valence electrons. The third kappa shape index (κ3) is 5.49. The van der Waals surface area contributed by atoms with Gasteiger partial charge < -0.3 is 27.7 Å². The first kappa shape index (κ1) is 23.2. The van der Waals surface area contributed by atoms with E-state index in [-0.39, 0.29) is 41.9 Å². The van der Waals surface area contributed by atoms with Crippen molar-refractivity contribution in [1.82, 2.24) is 0 Å². The van der Waals surface area contributed by atoms with Crippen molar-refractivity contribution in [3.63, 3.8) is 0 Å². The number of hydrogen-bond acceptors (Lipinski definition) is 5. The van der Waals surface area contributed by atoms with E-state index in [4.69, 9.17) is 33.1 Å². The first-order valence-corrected chi connectivity index (χ1v) is 8.85. The van der Waals surface area contributed by atoms with E-state index >= 15 is 0 Å². The molecule has 0 radical (unpaired) electrons. The maximum absolute atomic E-state index is 12.6. The zero-order chi connectivity index (χ0) is 21.8. The minimum Gasteiger partial charge on any atom is -0.423 e. The largest absolute Gasteiger partial charge is 0.423 e. The number of rotatable bonds is 6. The Balaban J connectivity index is 0.00000341. The number of nitrogens with zero attached hydrogens (tertiary/aromatic N) is 1. The number of nitrogens with one attached hydrogen (secondary N) is 1. The average Bonchev–Trinajstić information content (AvgIpc) is 2.69. The number of fused-ring (bicyclic) bond motifs is 1. The van der Waals surface area contributed by atoms with Gasteiger partial charge in [-0.2, -0.15) is 0 Å². The van der Waals surface area contributed by atoms with E-state index in [9.17, 15) is 9.59 Å². The molecule has 0 atom stereocenters. The fourth-order valence-corrected chi connectivity index (χ4v) is 2.97. The summed E-state index contributed by atoms with van der Waals surface area (Å²) in [4.78, 5) is 28.1. The highest BCUT2D eigenvalue weighted by Gasteiger charge is 2.16. The molecule has 10 heteroatoms. The van der Waals surface area contributed by atoms with Gasteiger partial charge >= 0.3 is 5.97 Å². The fraction of sp³-hybridized carbons (Fsp3) is 0.0476. The zero-order valence-electron chi connectivity index (χ0n) is 16.3. The number of esters is 1. The quantitative estimate of drug-likeness (QED) is 0.168. The molecule has 3 aromatic rings. The van der Waals surface area contributed by atoms with Crippen LogP contribution in [0.25, 0.3) is 10.8 Å². The van der Waals surface area contributed by atoms with Crippen molar-refractivity contribution in [1.29, 1.82) is 5.41 Å². The molecule has 1 amide bonds. The van der Waals surface area contributed by atoms with E-state index in [1.807, 2.05) is 0 Å². The Morgan fingerprint density at radius 1 is 0.903 bits per heavy atom. The van der Waals surface area contributed by atoms with Crippen LogP contribution in [-0.4, -0.2) is 23.7 Å². The van der Waals surface area contributed by atoms with Crippen molar-refractivity contribution in [3.05, 3.63) is 71.3 Å². The SMILES string of the molecule is Cl.N=C(N)c1ccc2c(CC(N)=O)c(OC(=O)c3ccc(N=C(N)N)cc3)ccc2c1. The third-order valence-corrected chi connectivity index (χ3v) is 4.31. The smallest absolute Gasteiger partial charge is 0.343 e. The molecular weight excluding hydrogens is 420 g/mol. The van der Waals surface area contributed by atoms with E-state index in [2.05, 4.69) is 4.99 Å². The lowest BCUT2D eigenvalue weighted by atomic mass is 9.98. The molecule has 0 bridgehead atoms. The molecule has 3 rings (SSSR count). The Hall–Kier alpha value is -4.11. The van der Waals surface area contributed by atoms with Crippen LogP contribution < -0.4 is 27.7 Å². The molecule has 9 N–H and O–H groups in total. The number of benzene rings is 3. The van der Waals surface area contributed by atoms with Gasteiger partial charge in [-0.1, -0.05) is 18.2 Å². The second kappa shape index (κ2) is 9.59. The highest BCUT2D eigenvalue weighted by Crippen LogP contribution is 2.30. The first-order valence-electron chi connectivity index (χ1n) is 8.85. The monoisotopic (exact) mass is 440 g/mol. The summed E-state index contributed by atoms with van der Waals surface area (Å²) in [6, 6.07) is 14.6. The highest BCUT2D eigenvalue weighted by atomic mass is 35.5. The van der Waals surface area contributed by atoms with Crippen LogP contribution in [0.15, 0.2) is 59.6 Å². The summed E-state index contributed by atoms with van der Waals surface area (Å²) in [6.07, 6.45) is -0.122. The molecule has 0 aromatic heterocycles. The van der Waals surface area contributed by atoms with Crippen molar-refractivity contribution in [2.75, 3.05) is 0 Å². The molecule has 0 saturated carbocycles. The van der Waals surface area contributed by atoms with E-state index in [0.717, 1.165) is 5.39 Å². The predicted octanol–water partition coefficient (Wildman–Crippen LogP) is 1.70. The van der Waals surface area contributed by atoms with Gasteiger partial charge in [-0.05, 0) is 47.2 Å². The number of ether oxygens (including phenoxy) is 1. The van der Waals surface area contributed by atoms with Crippen LogP contribution in [0.3, 0.4) is 0 Å². The van der Waals surface area contributed by atoms with Crippen LogP contribution in [-0.2, 0) is 11.2 Å². The van der Waals surface area contributed by atoms with Crippen molar-refractivity contribution in [2.24, 2.45) is 27.9 Å². The second-order valence-electron chi connectivity index (χ2n) is 6.51. The first-order chi connectivity index (χ1) is 14.2. The van der Waals surface area contributed by atoms with Crippen molar-refractivity contribution >= 4 is 52.5 Å². The number of primary amides is 1. The lowest BCUT2D eigenvalue weighted by molar-refractivity contribution is -0.117. The molecule has 0 heterocycles. The highest BCUT2D eigenvalue weighted by molar-refractivity contribution is 6.01. The van der Waals surface area contributed by atoms with Crippen LogP contribution in [0.5, 0.6) is 5.75 Å². The Kier molecular flexibility index (Phi) is 7.17. The van der Waals surface area contributed by atoms with Crippen LogP contribution >= 0.6 is 12.4 Å². The summed E-state index contributed by atoms with van der Waals surface area (Å²) >= 11 is 0. The van der Waals surface area contributed by atoms with Gasteiger partial charge in [0.05, 0.1) is 17.7 Å². The molecule has 31 heavy (non-hydrogen) atoms. The standard InChI is InChI=1S/C21H20N6O3.ClH/c22-18(28)10-16-15-7-3-13(19(23)24)9-12(15)4-8-17(16)30-20(29)11-1-5-14(6-2-11)27-21(25)26;/h1-9H,10H2,(H2,22,28)(H3,23,24)(H4,25,26,27);1H. The van der Waals surface area contributed by atoms with Crippen LogP contribution in [0.1, 0.15) is 21.5 Å². The minimum atomic E-state index is -0.614. The van der Waals surface area contributed by atoms with E-state index in [0.29, 0.717) is 22.2 Å². The van der Waals surface area contributed by atoms with Gasteiger partial charge in [0.1, 0.15) is 11.6 Å². The molecule has 0 saturated heterocycles. The molecule has 0 fully saturated rings. The Morgan fingerprint density at radius 3 is 2.13 bits per heavy atom. The summed E-state index contributed by atoms with van der Waals surface area (Å²) in [6.45, 7) is 0. The second-order valence-corrected chi connectivity index (χ2v) is 6.51. The van der Waals surface area contributed by atoms with Gasteiger partial charge in [0, 0.05) is 11.1 Å². The summed E-state index contributed by atoms with van der Waals surface area (Å²) in [5.41, 5.74) is 23.4. The van der Waals surface area contributed by atoms with E-state index < -0.39 is 11.9 Å². The van der Waals surface area contributed by atoms with Crippen molar-refractivity contribution in [3.8, 4) is 5.75 Å². The summed E-state index contributed by atoms with van der Waals surface area (Å²) in [7, 11) is 0. The third-order valence-electron chi connectivity index (χ3n) is 4.31. The lowest BCUT2D eigenvalue weighted by Gasteiger charge is -2.13. The van der Waals surface area contributed by atoms with Gasteiger partial charge in [0.25, 0.3) is 0 Å². The van der Waals surface area contributed by atoms with Crippen LogP contribution in [0.2, 0.25) is 0 Å². The van der Waals surface area contributed by atoms with E-state index in [1.165, 1.54) is 12.1 Å². The van der Waals surface area contributed by atoms with Gasteiger partial charge in [0.2, 0.25) is 5.91 Å². The molecule has 0 aliphatic carbocycles. The number of nitrogen functional groups attached to an aromatic ring is 1. The average molecular weight is 441 g/mol. The maximum Gasteiger partial charge on any atom is 0.343 e. The van der Waals surface area contributed by atoms with Crippen molar-refractivity contribution in [2.45, 2.75) is 6.42 Å². The Morgan fingerprint density at radius 2 is 1.55 bits per heavy atom. The van der Waals surface area contributed by atoms with Crippen LogP contribution in [0, 0.1) is 5.41 Å². The summed E-state index contributed by atoms with van der Waals surface area (Å²) < 4.78 is 5.54. The topological polar surface area (TPSA) is 184 Å². The molecule has 0 spiro atoms. The van der Waals surface area contributed by atoms with Crippen LogP contribution in [0.4, 0.5) is 5.69 Å². The summed E-state index contributed by atoms with van der Waals surface area (Å²) in [5, 5.41) is 8.98. The number of carbonyl (C=O) groups excluding carboxylic acids is 2. The number of guanidine groups is 1. The lowest BCUT2D eigenvalue weighted by Crippen LogP contribution is -2.21. The normalized spacial score (nSPS) is 10.1. The predicted molar refractivity (Wildman–Crippen MR) is 122 cm³/mol. The van der Waals surface area contributed by atoms with Gasteiger partial charge in [0.15, 0.2) is 5.96 Å².